The van der Waals surface area contributed by atoms with E-state index in [-0.39, 0.29) is 18.3 Å². The van der Waals surface area contributed by atoms with E-state index < -0.39 is 5.92 Å². The van der Waals surface area contributed by atoms with Gasteiger partial charge in [-0.1, -0.05) is 50.1 Å². The average Bonchev–Trinajstić information content (AvgIpc) is 2.28. The zero-order valence-corrected chi connectivity index (χ0v) is 12.3. The molecule has 0 unspecified atom stereocenters. The molecule has 104 valence electrons. The second-order valence-electron chi connectivity index (χ2n) is 6.25. The molecule has 0 radical (unpaired) electrons. The fourth-order valence-corrected chi connectivity index (χ4v) is 2.73. The second kappa shape index (κ2) is 4.90. The molecule has 0 fully saturated rings. The van der Waals surface area contributed by atoms with Crippen LogP contribution >= 0.6 is 11.6 Å². The van der Waals surface area contributed by atoms with E-state index in [0.29, 0.717) is 11.4 Å². The number of alkyl halides is 2. The van der Waals surface area contributed by atoms with Gasteiger partial charge in [0, 0.05) is 17.9 Å². The maximum absolute atomic E-state index is 13.7. The second-order valence-corrected chi connectivity index (χ2v) is 6.68. The summed E-state index contributed by atoms with van der Waals surface area (Å²) in [4.78, 5) is 0. The molecule has 0 aliphatic heterocycles. The van der Waals surface area contributed by atoms with Gasteiger partial charge < -0.3 is 0 Å². The molecule has 3 heteroatoms. The summed E-state index contributed by atoms with van der Waals surface area (Å²) in [6.07, 6.45) is 0.236. The average molecular weight is 285 g/mol. The van der Waals surface area contributed by atoms with Crippen molar-refractivity contribution in [3.05, 3.63) is 40.4 Å². The first kappa shape index (κ1) is 14.5. The molecule has 0 aromatic heterocycles. The van der Waals surface area contributed by atoms with Gasteiger partial charge in [-0.2, -0.15) is 0 Å². The zero-order chi connectivity index (χ0) is 14.3. The van der Waals surface area contributed by atoms with Crippen molar-refractivity contribution in [2.75, 3.05) is 0 Å². The van der Waals surface area contributed by atoms with Crippen molar-refractivity contribution < 1.29 is 8.78 Å². The molecule has 19 heavy (non-hydrogen) atoms. The smallest absolute Gasteiger partial charge is 0.207 e. The Balaban J connectivity index is 2.49. The van der Waals surface area contributed by atoms with Crippen molar-refractivity contribution in [3.8, 4) is 0 Å². The third-order valence-corrected chi connectivity index (χ3v) is 3.89. The molecule has 0 heterocycles. The molecule has 2 rings (SSSR count). The van der Waals surface area contributed by atoms with Crippen LogP contribution in [-0.4, -0.2) is 5.92 Å². The quantitative estimate of drug-likeness (QED) is 0.597. The van der Waals surface area contributed by atoms with Gasteiger partial charge in [-0.05, 0) is 35.1 Å². The monoisotopic (exact) mass is 284 g/mol. The van der Waals surface area contributed by atoms with Crippen molar-refractivity contribution in [2.24, 2.45) is 5.41 Å². The predicted octanol–water partition coefficient (Wildman–Crippen LogP) is 5.96. The summed E-state index contributed by atoms with van der Waals surface area (Å²) in [7, 11) is 0. The van der Waals surface area contributed by atoms with Crippen LogP contribution in [0.1, 0.15) is 45.6 Å². The normalized spacial score (nSPS) is 19.7. The van der Waals surface area contributed by atoms with Gasteiger partial charge in [0.1, 0.15) is 0 Å². The maximum atomic E-state index is 13.7. The highest BCUT2D eigenvalue weighted by molar-refractivity contribution is 6.30. The summed E-state index contributed by atoms with van der Waals surface area (Å²) >= 11 is 5.89. The fourth-order valence-electron chi connectivity index (χ4n) is 2.60. The SMILES string of the molecule is CC(C)(C)C1=C(c2ccc(Cl)cc2)CCC(F)(F)C1. The summed E-state index contributed by atoms with van der Waals surface area (Å²) in [5.41, 5.74) is 2.71. The Labute approximate surface area is 118 Å². The topological polar surface area (TPSA) is 0 Å². The summed E-state index contributed by atoms with van der Waals surface area (Å²) < 4.78 is 27.4. The minimum atomic E-state index is -2.57. The molecule has 1 aliphatic carbocycles. The molecule has 1 aromatic carbocycles. The Morgan fingerprint density at radius 3 is 2.21 bits per heavy atom. The first-order valence-corrected chi connectivity index (χ1v) is 6.93. The van der Waals surface area contributed by atoms with Crippen molar-refractivity contribution in [2.45, 2.75) is 46.0 Å². The molecule has 1 aromatic rings. The minimum absolute atomic E-state index is 0.0649. The van der Waals surface area contributed by atoms with Gasteiger partial charge in [-0.15, -0.1) is 0 Å². The minimum Gasteiger partial charge on any atom is -0.207 e. The van der Waals surface area contributed by atoms with Crippen LogP contribution in [0.2, 0.25) is 5.02 Å². The van der Waals surface area contributed by atoms with Crippen molar-refractivity contribution in [3.63, 3.8) is 0 Å². The number of allylic oxidation sites excluding steroid dienone is 2. The highest BCUT2D eigenvalue weighted by Crippen LogP contribution is 2.47. The van der Waals surface area contributed by atoms with E-state index >= 15 is 0 Å². The van der Waals surface area contributed by atoms with Gasteiger partial charge in [0.15, 0.2) is 0 Å². The van der Waals surface area contributed by atoms with E-state index in [4.69, 9.17) is 11.6 Å². The Hall–Kier alpha value is -0.890. The lowest BCUT2D eigenvalue weighted by Crippen LogP contribution is -2.27. The summed E-state index contributed by atoms with van der Waals surface area (Å²) in [5, 5.41) is 0.669. The molecule has 0 N–H and O–H groups in total. The number of benzene rings is 1. The van der Waals surface area contributed by atoms with Crippen LogP contribution in [0.25, 0.3) is 5.57 Å². The molecular formula is C16H19ClF2. The first-order chi connectivity index (χ1) is 8.69. The lowest BCUT2D eigenvalue weighted by Gasteiger charge is -2.34. The van der Waals surface area contributed by atoms with E-state index in [2.05, 4.69) is 0 Å². The highest BCUT2D eigenvalue weighted by Gasteiger charge is 2.39. The summed E-state index contributed by atoms with van der Waals surface area (Å²) in [6, 6.07) is 7.48. The van der Waals surface area contributed by atoms with Crippen molar-refractivity contribution in [1.29, 1.82) is 0 Å². The van der Waals surface area contributed by atoms with Crippen LogP contribution in [0.15, 0.2) is 29.8 Å². The highest BCUT2D eigenvalue weighted by atomic mass is 35.5. The molecule has 0 bridgehead atoms. The van der Waals surface area contributed by atoms with E-state index in [1.165, 1.54) is 0 Å². The van der Waals surface area contributed by atoms with Crippen LogP contribution < -0.4 is 0 Å². The predicted molar refractivity (Wildman–Crippen MR) is 76.6 cm³/mol. The van der Waals surface area contributed by atoms with E-state index in [9.17, 15) is 8.78 Å². The third-order valence-electron chi connectivity index (χ3n) is 3.64. The van der Waals surface area contributed by atoms with Gasteiger partial charge in [-0.25, -0.2) is 8.78 Å². The molecule has 0 saturated heterocycles. The largest absolute Gasteiger partial charge is 0.252 e. The van der Waals surface area contributed by atoms with Crippen LogP contribution in [0, 0.1) is 5.41 Å². The van der Waals surface area contributed by atoms with E-state index in [1.807, 2.05) is 45.0 Å². The molecule has 0 spiro atoms. The summed E-state index contributed by atoms with van der Waals surface area (Å²) in [6.45, 7) is 6.00. The van der Waals surface area contributed by atoms with Crippen LogP contribution in [0.3, 0.4) is 0 Å². The van der Waals surface area contributed by atoms with Crippen LogP contribution in [0.5, 0.6) is 0 Å². The van der Waals surface area contributed by atoms with Crippen molar-refractivity contribution >= 4 is 17.2 Å². The lowest BCUT2D eigenvalue weighted by atomic mass is 9.73. The van der Waals surface area contributed by atoms with Gasteiger partial charge in [-0.3, -0.25) is 0 Å². The van der Waals surface area contributed by atoms with Gasteiger partial charge in [0.2, 0.25) is 0 Å². The molecule has 1 aliphatic rings. The molecule has 0 nitrogen and oxygen atoms in total. The Kier molecular flexibility index (Phi) is 3.74. The maximum Gasteiger partial charge on any atom is 0.252 e. The van der Waals surface area contributed by atoms with Crippen molar-refractivity contribution in [1.82, 2.24) is 0 Å². The molecular weight excluding hydrogens is 266 g/mol. The van der Waals surface area contributed by atoms with E-state index in [1.54, 1.807) is 0 Å². The lowest BCUT2D eigenvalue weighted by molar-refractivity contribution is -0.0134. The molecule has 0 saturated carbocycles. The Morgan fingerprint density at radius 2 is 1.68 bits per heavy atom. The van der Waals surface area contributed by atoms with Gasteiger partial charge >= 0.3 is 0 Å². The third kappa shape index (κ3) is 3.36. The summed E-state index contributed by atoms with van der Waals surface area (Å²) in [5.74, 6) is -2.57. The zero-order valence-electron chi connectivity index (χ0n) is 11.6. The Morgan fingerprint density at radius 1 is 1.11 bits per heavy atom. The first-order valence-electron chi connectivity index (χ1n) is 6.55. The number of hydrogen-bond acceptors (Lipinski definition) is 0. The molecule has 0 atom stereocenters. The van der Waals surface area contributed by atoms with Gasteiger partial charge in [0.25, 0.3) is 5.92 Å². The van der Waals surface area contributed by atoms with E-state index in [0.717, 1.165) is 16.7 Å². The fraction of sp³-hybridized carbons (Fsp3) is 0.500. The standard InChI is InChI=1S/C16H19ClF2/c1-15(2,3)14-10-16(18,19)9-8-13(14)11-4-6-12(17)7-5-11/h4-7H,8-10H2,1-3H3. The number of rotatable bonds is 1. The molecule has 0 amide bonds. The van der Waals surface area contributed by atoms with Crippen LogP contribution in [-0.2, 0) is 0 Å². The number of hydrogen-bond donors (Lipinski definition) is 0. The van der Waals surface area contributed by atoms with Crippen LogP contribution in [0.4, 0.5) is 8.78 Å². The Bertz CT molecular complexity index is 492. The number of halogens is 3. The van der Waals surface area contributed by atoms with Gasteiger partial charge in [0.05, 0.1) is 0 Å².